The minimum Gasteiger partial charge on any atom is -0.398 e. The normalized spacial score (nSPS) is 32.9. The van der Waals surface area contributed by atoms with Crippen molar-refractivity contribution in [2.45, 2.75) is 31.7 Å². The molecule has 4 atom stereocenters. The minimum absolute atomic E-state index is 0.166. The standard InChI is InChI=1S/C13H20N4/c14-12-3-4-16-7-11(12)13(17-15)10-6-8-1-2-9(10)5-8/h3-4,7-10,13,17H,1-2,5-6,15H2,(H2,14,16). The molecule has 92 valence electrons. The summed E-state index contributed by atoms with van der Waals surface area (Å²) in [6.45, 7) is 0. The van der Waals surface area contributed by atoms with Gasteiger partial charge in [-0.15, -0.1) is 0 Å². The van der Waals surface area contributed by atoms with Crippen LogP contribution in [-0.4, -0.2) is 4.98 Å². The fraction of sp³-hybridized carbons (Fsp3) is 0.615. The molecule has 0 saturated heterocycles. The number of nitrogens with two attached hydrogens (primary N) is 2. The molecule has 2 aliphatic rings. The van der Waals surface area contributed by atoms with E-state index >= 15 is 0 Å². The molecular formula is C13H20N4. The van der Waals surface area contributed by atoms with Gasteiger partial charge in [0.1, 0.15) is 0 Å². The minimum atomic E-state index is 0.166. The van der Waals surface area contributed by atoms with Gasteiger partial charge < -0.3 is 5.73 Å². The van der Waals surface area contributed by atoms with Crippen molar-refractivity contribution >= 4 is 5.69 Å². The number of nitrogens with zero attached hydrogens (tertiary/aromatic N) is 1. The first-order valence-corrected chi connectivity index (χ1v) is 6.45. The predicted molar refractivity (Wildman–Crippen MR) is 67.7 cm³/mol. The molecule has 4 heteroatoms. The Morgan fingerprint density at radius 1 is 1.35 bits per heavy atom. The zero-order chi connectivity index (χ0) is 11.8. The molecule has 0 spiro atoms. The van der Waals surface area contributed by atoms with E-state index in [1.807, 2.05) is 12.3 Å². The molecule has 2 fully saturated rings. The second-order valence-corrected chi connectivity index (χ2v) is 5.49. The van der Waals surface area contributed by atoms with Gasteiger partial charge in [-0.3, -0.25) is 16.3 Å². The molecule has 1 heterocycles. The maximum atomic E-state index is 6.03. The number of anilines is 1. The molecule has 1 aromatic heterocycles. The summed E-state index contributed by atoms with van der Waals surface area (Å²) in [6, 6.07) is 2.02. The lowest BCUT2D eigenvalue weighted by Gasteiger charge is -2.30. The molecule has 2 bridgehead atoms. The maximum Gasteiger partial charge on any atom is 0.0526 e. The van der Waals surface area contributed by atoms with Crippen molar-refractivity contribution in [3.05, 3.63) is 24.0 Å². The molecule has 17 heavy (non-hydrogen) atoms. The Kier molecular flexibility index (Phi) is 2.76. The van der Waals surface area contributed by atoms with Gasteiger partial charge in [0.25, 0.3) is 0 Å². The van der Waals surface area contributed by atoms with Crippen LogP contribution >= 0.6 is 0 Å². The van der Waals surface area contributed by atoms with Crippen LogP contribution in [0.2, 0.25) is 0 Å². The molecular weight excluding hydrogens is 212 g/mol. The van der Waals surface area contributed by atoms with E-state index in [0.29, 0.717) is 5.92 Å². The van der Waals surface area contributed by atoms with E-state index in [1.54, 1.807) is 6.20 Å². The highest BCUT2D eigenvalue weighted by Gasteiger charge is 2.43. The molecule has 3 rings (SSSR count). The first-order chi connectivity index (χ1) is 8.29. The molecule has 4 nitrogen and oxygen atoms in total. The average Bonchev–Trinajstić information content (AvgIpc) is 2.95. The first kappa shape index (κ1) is 11.0. The van der Waals surface area contributed by atoms with Crippen LogP contribution in [0.1, 0.15) is 37.3 Å². The summed E-state index contributed by atoms with van der Waals surface area (Å²) in [5.74, 6) is 8.12. The summed E-state index contributed by atoms with van der Waals surface area (Å²) in [7, 11) is 0. The van der Waals surface area contributed by atoms with Crippen molar-refractivity contribution in [1.29, 1.82) is 0 Å². The van der Waals surface area contributed by atoms with Crippen LogP contribution < -0.4 is 17.0 Å². The van der Waals surface area contributed by atoms with Crippen molar-refractivity contribution in [2.75, 3.05) is 5.73 Å². The number of hydrogen-bond donors (Lipinski definition) is 3. The molecule has 4 unspecified atom stereocenters. The number of nitrogens with one attached hydrogen (secondary N) is 1. The number of nitrogen functional groups attached to an aromatic ring is 1. The summed E-state index contributed by atoms with van der Waals surface area (Å²) in [6.07, 6.45) is 9.00. The van der Waals surface area contributed by atoms with E-state index in [2.05, 4.69) is 10.4 Å². The number of aromatic nitrogens is 1. The summed E-state index contributed by atoms with van der Waals surface area (Å²) in [4.78, 5) is 4.17. The number of hydrogen-bond acceptors (Lipinski definition) is 4. The summed E-state index contributed by atoms with van der Waals surface area (Å²) < 4.78 is 0. The Labute approximate surface area is 102 Å². The lowest BCUT2D eigenvalue weighted by molar-refractivity contribution is 0.252. The Bertz CT molecular complexity index is 406. The van der Waals surface area contributed by atoms with Crippen LogP contribution in [0.4, 0.5) is 5.69 Å². The highest BCUT2D eigenvalue weighted by molar-refractivity contribution is 5.46. The fourth-order valence-corrected chi connectivity index (χ4v) is 3.82. The molecule has 2 saturated carbocycles. The quantitative estimate of drug-likeness (QED) is 0.546. The van der Waals surface area contributed by atoms with Crippen molar-refractivity contribution in [1.82, 2.24) is 10.4 Å². The van der Waals surface area contributed by atoms with Gasteiger partial charge in [-0.2, -0.15) is 0 Å². The van der Waals surface area contributed by atoms with Crippen LogP contribution in [0.5, 0.6) is 0 Å². The van der Waals surface area contributed by atoms with E-state index in [1.165, 1.54) is 25.7 Å². The predicted octanol–water partition coefficient (Wildman–Crippen LogP) is 1.60. The summed E-state index contributed by atoms with van der Waals surface area (Å²) >= 11 is 0. The topological polar surface area (TPSA) is 77.0 Å². The largest absolute Gasteiger partial charge is 0.398 e. The van der Waals surface area contributed by atoms with E-state index in [9.17, 15) is 0 Å². The molecule has 0 aliphatic heterocycles. The number of rotatable bonds is 3. The van der Waals surface area contributed by atoms with Crippen LogP contribution in [0.15, 0.2) is 18.5 Å². The van der Waals surface area contributed by atoms with Gasteiger partial charge in [0.05, 0.1) is 6.04 Å². The number of hydrazine groups is 1. The third-order valence-electron chi connectivity index (χ3n) is 4.62. The zero-order valence-electron chi connectivity index (χ0n) is 9.97. The second-order valence-electron chi connectivity index (χ2n) is 5.49. The Balaban J connectivity index is 1.87. The number of fused-ring (bicyclic) bond motifs is 2. The Hall–Kier alpha value is -1.13. The monoisotopic (exact) mass is 232 g/mol. The lowest BCUT2D eigenvalue weighted by Crippen LogP contribution is -2.36. The van der Waals surface area contributed by atoms with Crippen molar-refractivity contribution in [3.63, 3.8) is 0 Å². The van der Waals surface area contributed by atoms with Crippen LogP contribution in [0, 0.1) is 17.8 Å². The average molecular weight is 232 g/mol. The van der Waals surface area contributed by atoms with E-state index in [4.69, 9.17) is 11.6 Å². The fourth-order valence-electron chi connectivity index (χ4n) is 3.82. The molecule has 1 aromatic rings. The van der Waals surface area contributed by atoms with Gasteiger partial charge in [0, 0.05) is 23.6 Å². The van der Waals surface area contributed by atoms with Crippen LogP contribution in [-0.2, 0) is 0 Å². The lowest BCUT2D eigenvalue weighted by atomic mass is 9.81. The molecule has 0 amide bonds. The van der Waals surface area contributed by atoms with Gasteiger partial charge >= 0.3 is 0 Å². The van der Waals surface area contributed by atoms with Crippen molar-refractivity contribution in [3.8, 4) is 0 Å². The number of pyridine rings is 1. The maximum absolute atomic E-state index is 6.03. The van der Waals surface area contributed by atoms with Gasteiger partial charge in [-0.05, 0) is 43.1 Å². The highest BCUT2D eigenvalue weighted by atomic mass is 15.2. The van der Waals surface area contributed by atoms with Gasteiger partial charge in [0.15, 0.2) is 0 Å². The van der Waals surface area contributed by atoms with Crippen molar-refractivity contribution < 1.29 is 0 Å². The summed E-state index contributed by atoms with van der Waals surface area (Å²) in [5, 5.41) is 0. The van der Waals surface area contributed by atoms with E-state index < -0.39 is 0 Å². The Morgan fingerprint density at radius 2 is 2.24 bits per heavy atom. The summed E-state index contributed by atoms with van der Waals surface area (Å²) in [5.41, 5.74) is 10.9. The zero-order valence-corrected chi connectivity index (χ0v) is 9.97. The third-order valence-corrected chi connectivity index (χ3v) is 4.62. The highest BCUT2D eigenvalue weighted by Crippen LogP contribution is 2.52. The van der Waals surface area contributed by atoms with Crippen molar-refractivity contribution in [2.24, 2.45) is 23.6 Å². The van der Waals surface area contributed by atoms with E-state index in [-0.39, 0.29) is 6.04 Å². The molecule has 0 radical (unpaired) electrons. The first-order valence-electron chi connectivity index (χ1n) is 6.45. The van der Waals surface area contributed by atoms with Crippen LogP contribution in [0.25, 0.3) is 0 Å². The molecule has 5 N–H and O–H groups in total. The smallest absolute Gasteiger partial charge is 0.0526 e. The molecule has 2 aliphatic carbocycles. The van der Waals surface area contributed by atoms with Gasteiger partial charge in [-0.1, -0.05) is 6.42 Å². The van der Waals surface area contributed by atoms with Crippen LogP contribution in [0.3, 0.4) is 0 Å². The SMILES string of the molecule is NNC(c1cnccc1N)C1CC2CCC1C2. The second kappa shape index (κ2) is 4.27. The molecule has 0 aromatic carbocycles. The van der Waals surface area contributed by atoms with Gasteiger partial charge in [-0.25, -0.2) is 0 Å². The van der Waals surface area contributed by atoms with Gasteiger partial charge in [0.2, 0.25) is 0 Å². The van der Waals surface area contributed by atoms with E-state index in [0.717, 1.165) is 23.1 Å². The Morgan fingerprint density at radius 3 is 2.82 bits per heavy atom. The third kappa shape index (κ3) is 1.81.